The molecule has 1 atom stereocenters. The average Bonchev–Trinajstić information content (AvgIpc) is 3.40. The molecule has 0 radical (unpaired) electrons. The van der Waals surface area contributed by atoms with E-state index in [1.165, 1.54) is 12.7 Å². The first-order valence-electron chi connectivity index (χ1n) is 11.2. The number of amidine groups is 1. The molecule has 3 heterocycles. The van der Waals surface area contributed by atoms with Crippen LogP contribution in [0.2, 0.25) is 5.15 Å². The molecule has 0 saturated carbocycles. The van der Waals surface area contributed by atoms with Gasteiger partial charge in [-0.05, 0) is 37.6 Å². The van der Waals surface area contributed by atoms with Gasteiger partial charge in [-0.25, -0.2) is 9.97 Å². The number of hydrogen-bond acceptors (Lipinski definition) is 7. The van der Waals surface area contributed by atoms with E-state index in [9.17, 15) is 4.79 Å². The van der Waals surface area contributed by atoms with Gasteiger partial charge in [0.1, 0.15) is 40.0 Å². The molecule has 5 rings (SSSR count). The van der Waals surface area contributed by atoms with Crippen molar-refractivity contribution >= 4 is 34.1 Å². The highest BCUT2D eigenvalue weighted by Crippen LogP contribution is 2.35. The zero-order valence-corrected chi connectivity index (χ0v) is 20.3. The summed E-state index contributed by atoms with van der Waals surface area (Å²) in [5.74, 6) is 0.188. The second kappa shape index (κ2) is 9.31. The van der Waals surface area contributed by atoms with E-state index < -0.39 is 0 Å². The molecule has 0 unspecified atom stereocenters. The number of nitrogens with one attached hydrogen (secondary N) is 2. The molecule has 180 valence electrons. The van der Waals surface area contributed by atoms with E-state index in [0.29, 0.717) is 33.7 Å². The van der Waals surface area contributed by atoms with E-state index in [1.807, 2.05) is 50.2 Å². The minimum absolute atomic E-state index is 0.210. The van der Waals surface area contributed by atoms with Crippen molar-refractivity contribution in [2.75, 3.05) is 5.32 Å². The summed E-state index contributed by atoms with van der Waals surface area (Å²) in [7, 11) is 0. The van der Waals surface area contributed by atoms with Crippen LogP contribution in [0.5, 0.6) is 0 Å². The topological polar surface area (TPSA) is 131 Å². The standard InChI is InChI=1S/C27H22ClN5O3/c1-14-10-17(15(2)32-19-8-9-21(28)33-23(19)27(29)30)26-18(11-14)24(34)22(20-12-35-13-31-20)25(36-26)16-6-4-3-5-7-16/h3-13,15,32H,1-2H3,(H3,29,30)/t15-/m1/s1. The lowest BCUT2D eigenvalue weighted by atomic mass is 9.97. The number of nitrogen functional groups attached to an aromatic ring is 1. The van der Waals surface area contributed by atoms with Crippen molar-refractivity contribution in [1.29, 1.82) is 5.41 Å². The average molecular weight is 500 g/mol. The number of halogens is 1. The van der Waals surface area contributed by atoms with Crippen LogP contribution in [-0.4, -0.2) is 15.8 Å². The third kappa shape index (κ3) is 4.23. The molecule has 36 heavy (non-hydrogen) atoms. The largest absolute Gasteiger partial charge is 0.455 e. The molecule has 8 nitrogen and oxygen atoms in total. The molecule has 0 aliphatic rings. The van der Waals surface area contributed by atoms with Gasteiger partial charge in [0.25, 0.3) is 0 Å². The van der Waals surface area contributed by atoms with Crippen molar-refractivity contribution in [3.05, 3.63) is 99.5 Å². The minimum Gasteiger partial charge on any atom is -0.455 e. The number of hydrogen-bond donors (Lipinski definition) is 3. The second-order valence-electron chi connectivity index (χ2n) is 8.42. The Balaban J connectivity index is 1.73. The number of aromatic nitrogens is 2. The van der Waals surface area contributed by atoms with Crippen LogP contribution in [0, 0.1) is 12.3 Å². The van der Waals surface area contributed by atoms with E-state index in [2.05, 4.69) is 15.3 Å². The lowest BCUT2D eigenvalue weighted by molar-refractivity contribution is 0.558. The van der Waals surface area contributed by atoms with Crippen LogP contribution < -0.4 is 16.5 Å². The molecular formula is C27H22ClN5O3. The van der Waals surface area contributed by atoms with Gasteiger partial charge < -0.3 is 19.9 Å². The zero-order valence-electron chi connectivity index (χ0n) is 19.5. The van der Waals surface area contributed by atoms with Crippen molar-refractivity contribution in [3.8, 4) is 22.6 Å². The summed E-state index contributed by atoms with van der Waals surface area (Å²) < 4.78 is 11.7. The first-order chi connectivity index (χ1) is 17.3. The van der Waals surface area contributed by atoms with Crippen LogP contribution in [0.15, 0.2) is 80.9 Å². The van der Waals surface area contributed by atoms with Crippen LogP contribution in [0.25, 0.3) is 33.6 Å². The van der Waals surface area contributed by atoms with Crippen molar-refractivity contribution < 1.29 is 8.83 Å². The molecule has 0 fully saturated rings. The maximum Gasteiger partial charge on any atom is 0.202 e. The van der Waals surface area contributed by atoms with Crippen molar-refractivity contribution in [1.82, 2.24) is 9.97 Å². The van der Waals surface area contributed by atoms with Gasteiger partial charge in [-0.1, -0.05) is 48.0 Å². The Morgan fingerprint density at radius 2 is 1.94 bits per heavy atom. The second-order valence-corrected chi connectivity index (χ2v) is 8.80. The van der Waals surface area contributed by atoms with E-state index >= 15 is 0 Å². The Labute approximate surface area is 211 Å². The minimum atomic E-state index is -0.335. The Bertz CT molecular complexity index is 1650. The number of oxazole rings is 1. The fourth-order valence-electron chi connectivity index (χ4n) is 4.23. The smallest absolute Gasteiger partial charge is 0.202 e. The highest BCUT2D eigenvalue weighted by Gasteiger charge is 2.23. The van der Waals surface area contributed by atoms with E-state index in [-0.39, 0.29) is 28.2 Å². The molecule has 0 aliphatic carbocycles. The molecule has 0 amide bonds. The van der Waals surface area contributed by atoms with Crippen LogP contribution in [-0.2, 0) is 0 Å². The van der Waals surface area contributed by atoms with Crippen LogP contribution >= 0.6 is 11.6 Å². The monoisotopic (exact) mass is 499 g/mol. The predicted molar refractivity (Wildman–Crippen MR) is 140 cm³/mol. The first-order valence-corrected chi connectivity index (χ1v) is 11.5. The van der Waals surface area contributed by atoms with Gasteiger partial charge >= 0.3 is 0 Å². The number of rotatable bonds is 6. The first kappa shape index (κ1) is 23.3. The summed E-state index contributed by atoms with van der Waals surface area (Å²) in [5.41, 5.74) is 9.87. The summed E-state index contributed by atoms with van der Waals surface area (Å²) in [6, 6.07) is 16.2. The highest BCUT2D eigenvalue weighted by molar-refractivity contribution is 6.29. The van der Waals surface area contributed by atoms with Gasteiger partial charge in [0.05, 0.1) is 22.7 Å². The maximum absolute atomic E-state index is 13.9. The highest BCUT2D eigenvalue weighted by atomic mass is 35.5. The number of nitrogens with two attached hydrogens (primary N) is 1. The summed E-state index contributed by atoms with van der Waals surface area (Å²) in [6.45, 7) is 3.85. The van der Waals surface area contributed by atoms with Crippen LogP contribution in [0.1, 0.15) is 29.8 Å². The van der Waals surface area contributed by atoms with Gasteiger partial charge in [-0.2, -0.15) is 0 Å². The SMILES string of the molecule is Cc1cc([C@@H](C)Nc2ccc(Cl)nc2C(=N)N)c2oc(-c3ccccc3)c(-c3cocn3)c(=O)c2c1. The van der Waals surface area contributed by atoms with Gasteiger partial charge in [-0.15, -0.1) is 0 Å². The van der Waals surface area contributed by atoms with Gasteiger partial charge in [-0.3, -0.25) is 10.2 Å². The maximum atomic E-state index is 13.9. The third-order valence-electron chi connectivity index (χ3n) is 5.84. The number of fused-ring (bicyclic) bond motifs is 1. The molecule has 0 bridgehead atoms. The summed E-state index contributed by atoms with van der Waals surface area (Å²) >= 11 is 6.01. The van der Waals surface area contributed by atoms with Gasteiger partial charge in [0.15, 0.2) is 6.39 Å². The Hall–Kier alpha value is -4.43. The van der Waals surface area contributed by atoms with Gasteiger partial charge in [0, 0.05) is 11.1 Å². The normalized spacial score (nSPS) is 12.0. The molecule has 4 N–H and O–H groups in total. The van der Waals surface area contributed by atoms with Crippen molar-refractivity contribution in [3.63, 3.8) is 0 Å². The molecule has 0 aliphatic heterocycles. The van der Waals surface area contributed by atoms with Gasteiger partial charge in [0.2, 0.25) is 5.43 Å². The molecule has 3 aromatic heterocycles. The predicted octanol–water partition coefficient (Wildman–Crippen LogP) is 5.93. The number of nitrogens with zero attached hydrogens (tertiary/aromatic N) is 2. The zero-order chi connectivity index (χ0) is 25.4. The van der Waals surface area contributed by atoms with E-state index in [4.69, 9.17) is 31.6 Å². The molecule has 2 aromatic carbocycles. The molecule has 0 saturated heterocycles. The van der Waals surface area contributed by atoms with Crippen molar-refractivity contribution in [2.45, 2.75) is 19.9 Å². The molecule has 5 aromatic rings. The summed E-state index contributed by atoms with van der Waals surface area (Å²) in [5, 5.41) is 11.9. The fourth-order valence-corrected chi connectivity index (χ4v) is 4.37. The van der Waals surface area contributed by atoms with Crippen LogP contribution in [0.3, 0.4) is 0 Å². The lowest BCUT2D eigenvalue weighted by Gasteiger charge is -2.20. The number of anilines is 1. The molecular weight excluding hydrogens is 478 g/mol. The molecule has 0 spiro atoms. The lowest BCUT2D eigenvalue weighted by Crippen LogP contribution is -2.18. The van der Waals surface area contributed by atoms with E-state index in [0.717, 1.165) is 16.7 Å². The van der Waals surface area contributed by atoms with E-state index in [1.54, 1.807) is 18.2 Å². The fraction of sp³-hybridized carbons (Fsp3) is 0.111. The third-order valence-corrected chi connectivity index (χ3v) is 6.05. The summed E-state index contributed by atoms with van der Waals surface area (Å²) in [6.07, 6.45) is 2.72. The summed E-state index contributed by atoms with van der Waals surface area (Å²) in [4.78, 5) is 22.2. The quantitative estimate of drug-likeness (QED) is 0.150. The number of benzene rings is 2. The Morgan fingerprint density at radius 1 is 1.17 bits per heavy atom. The van der Waals surface area contributed by atoms with Crippen molar-refractivity contribution in [2.24, 2.45) is 5.73 Å². The molecule has 9 heteroatoms. The number of aryl methyl sites for hydroxylation is 1. The Morgan fingerprint density at radius 3 is 2.64 bits per heavy atom. The number of pyridine rings is 1. The van der Waals surface area contributed by atoms with Crippen LogP contribution in [0.4, 0.5) is 5.69 Å². The Kier molecular flexibility index (Phi) is 6.03.